The van der Waals surface area contributed by atoms with Crippen LogP contribution in [-0.2, 0) is 5.54 Å². The number of imidazole rings is 1. The van der Waals surface area contributed by atoms with Gasteiger partial charge >= 0.3 is 0 Å². The zero-order valence-corrected chi connectivity index (χ0v) is 18.3. The normalized spacial score (nSPS) is 12.5. The Kier molecular flexibility index (Phi) is 7.04. The Hall–Kier alpha value is -3.95. The number of hydrogen-bond donors (Lipinski definition) is 3. The van der Waals surface area contributed by atoms with E-state index in [0.29, 0.717) is 23.9 Å². The summed E-state index contributed by atoms with van der Waals surface area (Å²) in [5, 5.41) is 5.89. The van der Waals surface area contributed by atoms with Crippen molar-refractivity contribution >= 4 is 17.6 Å². The van der Waals surface area contributed by atoms with Crippen LogP contribution in [-0.4, -0.2) is 43.1 Å². The first-order valence-electron chi connectivity index (χ1n) is 9.94. The summed E-state index contributed by atoms with van der Waals surface area (Å²) in [7, 11) is 0. The molecule has 1 amide bonds. The lowest BCUT2D eigenvalue weighted by Crippen LogP contribution is -2.31. The van der Waals surface area contributed by atoms with Gasteiger partial charge in [0.25, 0.3) is 5.91 Å². The minimum Gasteiger partial charge on any atom is -0.347 e. The summed E-state index contributed by atoms with van der Waals surface area (Å²) in [6.45, 7) is 7.67. The van der Waals surface area contributed by atoms with Crippen LogP contribution >= 0.6 is 0 Å². The first-order chi connectivity index (χ1) is 15.3. The zero-order valence-electron chi connectivity index (χ0n) is 18.3. The molecule has 3 rings (SSSR count). The van der Waals surface area contributed by atoms with E-state index in [1.54, 1.807) is 44.7 Å². The summed E-state index contributed by atoms with van der Waals surface area (Å²) in [6.07, 6.45) is 9.42. The molecule has 3 heterocycles. The van der Waals surface area contributed by atoms with Gasteiger partial charge in [0.2, 0.25) is 5.95 Å². The van der Waals surface area contributed by atoms with E-state index in [-0.39, 0.29) is 11.6 Å². The Morgan fingerprint density at radius 3 is 2.62 bits per heavy atom. The largest absolute Gasteiger partial charge is 0.347 e. The second kappa shape index (κ2) is 9.90. The van der Waals surface area contributed by atoms with E-state index in [1.807, 2.05) is 13.8 Å². The van der Waals surface area contributed by atoms with Gasteiger partial charge in [0.15, 0.2) is 0 Å². The summed E-state index contributed by atoms with van der Waals surface area (Å²) >= 11 is 0. The number of carbonyl (C=O) groups is 1. The molecule has 0 aromatic carbocycles. The maximum Gasteiger partial charge on any atom is 0.269 e. The van der Waals surface area contributed by atoms with E-state index in [1.165, 1.54) is 18.6 Å². The molecule has 9 nitrogen and oxygen atoms in total. The number of carbonyl (C=O) groups excluding carboxylic acids is 1. The number of nitrogens with one attached hydrogen (secondary N) is 3. The third-order valence-corrected chi connectivity index (χ3v) is 4.59. The number of amides is 1. The number of rotatable bonds is 8. The zero-order chi connectivity index (χ0) is 23.1. The SMILES string of the molecule is C/C(=C\N=C(/C)c1cnc(NC(C)(C)c2ncccc2F)nc1)CNC(=O)c1cnc[nH]1. The van der Waals surface area contributed by atoms with E-state index in [0.717, 1.165) is 11.1 Å². The van der Waals surface area contributed by atoms with Crippen LogP contribution in [0.5, 0.6) is 0 Å². The van der Waals surface area contributed by atoms with Gasteiger partial charge in [0.1, 0.15) is 17.2 Å². The first-order valence-corrected chi connectivity index (χ1v) is 9.94. The van der Waals surface area contributed by atoms with Crippen LogP contribution in [0.25, 0.3) is 0 Å². The Labute approximate surface area is 185 Å². The van der Waals surface area contributed by atoms with E-state index >= 15 is 0 Å². The number of hydrogen-bond acceptors (Lipinski definition) is 7. The molecule has 0 bridgehead atoms. The van der Waals surface area contributed by atoms with Crippen molar-refractivity contribution in [1.82, 2.24) is 30.2 Å². The molecule has 0 spiro atoms. The Morgan fingerprint density at radius 1 is 1.22 bits per heavy atom. The molecule has 0 radical (unpaired) electrons. The summed E-state index contributed by atoms with van der Waals surface area (Å²) < 4.78 is 14.1. The van der Waals surface area contributed by atoms with Crippen LogP contribution in [0, 0.1) is 5.82 Å². The number of pyridine rings is 1. The van der Waals surface area contributed by atoms with Crippen molar-refractivity contribution in [3.05, 3.63) is 77.8 Å². The highest BCUT2D eigenvalue weighted by Crippen LogP contribution is 2.24. The third kappa shape index (κ3) is 5.81. The molecule has 166 valence electrons. The Balaban J connectivity index is 1.61. The minimum absolute atomic E-state index is 0.235. The smallest absolute Gasteiger partial charge is 0.269 e. The maximum absolute atomic E-state index is 14.1. The standard InChI is InChI=1S/C22H25FN8O/c1-14(9-27-20(32)18-12-24-13-30-18)8-26-15(2)16-10-28-21(29-11-16)31-22(3,4)19-17(23)6-5-7-25-19/h5-8,10-13H,9H2,1-4H3,(H,24,30)(H,27,32)(H,28,29,31)/b14-8+,26-15+. The van der Waals surface area contributed by atoms with Crippen molar-refractivity contribution in [3.63, 3.8) is 0 Å². The van der Waals surface area contributed by atoms with Gasteiger partial charge < -0.3 is 15.6 Å². The van der Waals surface area contributed by atoms with Crippen molar-refractivity contribution in [2.45, 2.75) is 33.2 Å². The number of H-pyrrole nitrogens is 1. The molecule has 0 fully saturated rings. The molecule has 0 aliphatic rings. The fourth-order valence-electron chi connectivity index (χ4n) is 2.79. The Bertz CT molecular complexity index is 1120. The van der Waals surface area contributed by atoms with Gasteiger partial charge in [-0.1, -0.05) is 0 Å². The highest BCUT2D eigenvalue weighted by molar-refractivity contribution is 5.98. The third-order valence-electron chi connectivity index (χ3n) is 4.59. The number of anilines is 1. The molecule has 0 atom stereocenters. The van der Waals surface area contributed by atoms with Crippen LogP contribution in [0.4, 0.5) is 10.3 Å². The molecular formula is C22H25FN8O. The predicted molar refractivity (Wildman–Crippen MR) is 120 cm³/mol. The molecule has 0 aliphatic carbocycles. The molecule has 3 aromatic heterocycles. The maximum atomic E-state index is 14.1. The van der Waals surface area contributed by atoms with Gasteiger partial charge in [-0.2, -0.15) is 0 Å². The second-order valence-electron chi connectivity index (χ2n) is 7.72. The number of aromatic amines is 1. The van der Waals surface area contributed by atoms with Crippen LogP contribution < -0.4 is 10.6 Å². The lowest BCUT2D eigenvalue weighted by Gasteiger charge is -2.25. The summed E-state index contributed by atoms with van der Waals surface area (Å²) in [5.41, 5.74) is 2.21. The number of nitrogens with zero attached hydrogens (tertiary/aromatic N) is 5. The van der Waals surface area contributed by atoms with Gasteiger partial charge in [-0.25, -0.2) is 19.3 Å². The molecule has 10 heteroatoms. The topological polar surface area (TPSA) is 121 Å². The van der Waals surface area contributed by atoms with Gasteiger partial charge in [-0.15, -0.1) is 0 Å². The van der Waals surface area contributed by atoms with Gasteiger partial charge in [0.05, 0.1) is 18.1 Å². The number of halogens is 1. The van der Waals surface area contributed by atoms with E-state index in [4.69, 9.17) is 0 Å². The van der Waals surface area contributed by atoms with Crippen molar-refractivity contribution in [2.75, 3.05) is 11.9 Å². The predicted octanol–water partition coefficient (Wildman–Crippen LogP) is 3.22. The van der Waals surface area contributed by atoms with Gasteiger partial charge in [-0.3, -0.25) is 14.8 Å². The number of aliphatic imine (C=N–C) groups is 1. The highest BCUT2D eigenvalue weighted by Gasteiger charge is 2.26. The van der Waals surface area contributed by atoms with Crippen molar-refractivity contribution in [2.24, 2.45) is 4.99 Å². The molecule has 0 saturated heterocycles. The lowest BCUT2D eigenvalue weighted by molar-refractivity contribution is 0.0952. The highest BCUT2D eigenvalue weighted by atomic mass is 19.1. The molecule has 32 heavy (non-hydrogen) atoms. The monoisotopic (exact) mass is 436 g/mol. The van der Waals surface area contributed by atoms with Gasteiger partial charge in [0, 0.05) is 42.6 Å². The molecule has 3 N–H and O–H groups in total. The fraction of sp³-hybridized carbons (Fsp3) is 0.273. The van der Waals surface area contributed by atoms with E-state index < -0.39 is 11.4 Å². The summed E-state index contributed by atoms with van der Waals surface area (Å²) in [5.74, 6) is -0.279. The van der Waals surface area contributed by atoms with Crippen molar-refractivity contribution < 1.29 is 9.18 Å². The number of aromatic nitrogens is 5. The molecule has 0 saturated carbocycles. The minimum atomic E-state index is -0.795. The van der Waals surface area contributed by atoms with E-state index in [2.05, 4.69) is 40.5 Å². The lowest BCUT2D eigenvalue weighted by atomic mass is 9.99. The summed E-state index contributed by atoms with van der Waals surface area (Å²) in [4.78, 5) is 35.7. The van der Waals surface area contributed by atoms with Crippen molar-refractivity contribution in [1.29, 1.82) is 0 Å². The first kappa shape index (κ1) is 22.7. The van der Waals surface area contributed by atoms with Gasteiger partial charge in [-0.05, 0) is 45.4 Å². The quantitative estimate of drug-likeness (QED) is 0.466. The van der Waals surface area contributed by atoms with E-state index in [9.17, 15) is 9.18 Å². The van der Waals surface area contributed by atoms with Crippen LogP contribution in [0.2, 0.25) is 0 Å². The Morgan fingerprint density at radius 2 is 1.97 bits per heavy atom. The second-order valence-corrected chi connectivity index (χ2v) is 7.72. The van der Waals surface area contributed by atoms with Crippen LogP contribution in [0.15, 0.2) is 60.0 Å². The van der Waals surface area contributed by atoms with Crippen molar-refractivity contribution in [3.8, 4) is 0 Å². The average Bonchev–Trinajstić information content (AvgIpc) is 3.31. The molecule has 0 unspecified atom stereocenters. The molecular weight excluding hydrogens is 411 g/mol. The fourth-order valence-corrected chi connectivity index (χ4v) is 2.79. The van der Waals surface area contributed by atoms with Crippen LogP contribution in [0.3, 0.4) is 0 Å². The molecule has 3 aromatic rings. The summed E-state index contributed by atoms with van der Waals surface area (Å²) in [6, 6.07) is 2.92. The van der Waals surface area contributed by atoms with Crippen LogP contribution in [0.1, 0.15) is 49.4 Å². The average molecular weight is 436 g/mol. The molecule has 0 aliphatic heterocycles.